The Morgan fingerprint density at radius 1 is 1.06 bits per heavy atom. The maximum absolute atomic E-state index is 12.3. The lowest BCUT2D eigenvalue weighted by atomic mass is 10.1. The standard InChI is InChI=1S/C23H19N5OS3/c1-14-9-10-18-19(11-14)25-21(24-18)30-13-20(29)26-22-27-28-23(32-22)31-12-16-7-4-6-15-5-2-3-8-17(15)16/h2-11H,12-13H2,1H3,(H,24,25)(H,26,27,29). The van der Waals surface area contributed by atoms with E-state index in [4.69, 9.17) is 0 Å². The molecular weight excluding hydrogens is 458 g/mol. The van der Waals surface area contributed by atoms with Crippen LogP contribution in [0.4, 0.5) is 5.13 Å². The van der Waals surface area contributed by atoms with Crippen LogP contribution in [-0.2, 0) is 10.5 Å². The molecule has 0 spiro atoms. The van der Waals surface area contributed by atoms with Crippen LogP contribution in [0.1, 0.15) is 11.1 Å². The van der Waals surface area contributed by atoms with E-state index in [0.717, 1.165) is 26.3 Å². The number of aromatic amines is 1. The molecule has 5 aromatic rings. The van der Waals surface area contributed by atoms with Gasteiger partial charge in [0.1, 0.15) is 0 Å². The molecule has 0 aliphatic heterocycles. The van der Waals surface area contributed by atoms with Crippen molar-refractivity contribution >= 4 is 67.7 Å². The predicted molar refractivity (Wildman–Crippen MR) is 134 cm³/mol. The number of hydrogen-bond acceptors (Lipinski definition) is 7. The third-order valence-electron chi connectivity index (χ3n) is 4.84. The molecule has 32 heavy (non-hydrogen) atoms. The van der Waals surface area contributed by atoms with Gasteiger partial charge in [0.05, 0.1) is 16.8 Å². The molecule has 1 amide bonds. The summed E-state index contributed by atoms with van der Waals surface area (Å²) in [4.78, 5) is 20.1. The van der Waals surface area contributed by atoms with E-state index in [1.165, 1.54) is 45.0 Å². The second-order valence-corrected chi connectivity index (χ2v) is 10.4. The summed E-state index contributed by atoms with van der Waals surface area (Å²) >= 11 is 4.38. The van der Waals surface area contributed by atoms with E-state index in [1.807, 2.05) is 31.2 Å². The summed E-state index contributed by atoms with van der Waals surface area (Å²) in [5.41, 5.74) is 4.30. The van der Waals surface area contributed by atoms with Crippen LogP contribution in [-0.4, -0.2) is 31.8 Å². The van der Waals surface area contributed by atoms with Gasteiger partial charge in [0, 0.05) is 5.75 Å². The lowest BCUT2D eigenvalue weighted by molar-refractivity contribution is -0.113. The average molecular weight is 478 g/mol. The maximum atomic E-state index is 12.3. The van der Waals surface area contributed by atoms with Crippen molar-refractivity contribution < 1.29 is 4.79 Å². The Balaban J connectivity index is 1.16. The van der Waals surface area contributed by atoms with Crippen molar-refractivity contribution in [1.29, 1.82) is 0 Å². The van der Waals surface area contributed by atoms with Gasteiger partial charge in [-0.1, -0.05) is 83.4 Å². The first-order valence-corrected chi connectivity index (χ1v) is 12.7. The highest BCUT2D eigenvalue weighted by Crippen LogP contribution is 2.31. The summed E-state index contributed by atoms with van der Waals surface area (Å²) in [7, 11) is 0. The fraction of sp³-hybridized carbons (Fsp3) is 0.130. The molecule has 0 atom stereocenters. The lowest BCUT2D eigenvalue weighted by Crippen LogP contribution is -2.13. The van der Waals surface area contributed by atoms with E-state index < -0.39 is 0 Å². The molecule has 160 valence electrons. The second-order valence-electron chi connectivity index (χ2n) is 7.20. The normalized spacial score (nSPS) is 11.3. The van der Waals surface area contributed by atoms with Crippen LogP contribution in [0.3, 0.4) is 0 Å². The van der Waals surface area contributed by atoms with Gasteiger partial charge in [-0.05, 0) is 41.0 Å². The third kappa shape index (κ3) is 4.79. The van der Waals surface area contributed by atoms with Gasteiger partial charge in [0.2, 0.25) is 11.0 Å². The molecule has 0 fully saturated rings. The van der Waals surface area contributed by atoms with E-state index in [1.54, 1.807) is 11.8 Å². The number of aryl methyl sites for hydroxylation is 1. The number of carbonyl (C=O) groups excluding carboxylic acids is 1. The number of imidazole rings is 1. The van der Waals surface area contributed by atoms with Gasteiger partial charge in [-0.3, -0.25) is 10.1 Å². The molecule has 0 saturated carbocycles. The molecule has 5 rings (SSSR count). The molecule has 0 saturated heterocycles. The van der Waals surface area contributed by atoms with Crippen LogP contribution >= 0.6 is 34.9 Å². The van der Waals surface area contributed by atoms with Crippen LogP contribution in [0, 0.1) is 6.92 Å². The van der Waals surface area contributed by atoms with E-state index in [9.17, 15) is 4.79 Å². The first-order chi connectivity index (χ1) is 15.6. The van der Waals surface area contributed by atoms with Gasteiger partial charge in [-0.2, -0.15) is 0 Å². The number of H-pyrrole nitrogens is 1. The predicted octanol–water partition coefficient (Wildman–Crippen LogP) is 5.90. The topological polar surface area (TPSA) is 83.6 Å². The zero-order valence-corrected chi connectivity index (χ0v) is 19.6. The molecule has 0 aliphatic rings. The Labute approximate surface area is 197 Å². The minimum absolute atomic E-state index is 0.131. The van der Waals surface area contributed by atoms with Crippen LogP contribution in [0.2, 0.25) is 0 Å². The monoisotopic (exact) mass is 477 g/mol. The minimum atomic E-state index is -0.131. The minimum Gasteiger partial charge on any atom is -0.333 e. The number of anilines is 1. The number of benzene rings is 3. The zero-order chi connectivity index (χ0) is 21.9. The quantitative estimate of drug-likeness (QED) is 0.224. The maximum Gasteiger partial charge on any atom is 0.236 e. The SMILES string of the molecule is Cc1ccc2nc(SCC(=O)Nc3nnc(SCc4cccc5ccccc45)s3)[nH]c2c1. The molecule has 0 bridgehead atoms. The molecule has 2 aromatic heterocycles. The summed E-state index contributed by atoms with van der Waals surface area (Å²) in [6, 6.07) is 20.7. The van der Waals surface area contributed by atoms with Crippen molar-refractivity contribution in [2.24, 2.45) is 0 Å². The summed E-state index contributed by atoms with van der Waals surface area (Å²) in [5, 5.41) is 14.9. The molecule has 3 aromatic carbocycles. The van der Waals surface area contributed by atoms with E-state index in [0.29, 0.717) is 5.13 Å². The molecule has 9 heteroatoms. The van der Waals surface area contributed by atoms with Crippen LogP contribution in [0.5, 0.6) is 0 Å². The smallest absolute Gasteiger partial charge is 0.236 e. The Morgan fingerprint density at radius 3 is 2.88 bits per heavy atom. The number of nitrogens with zero attached hydrogens (tertiary/aromatic N) is 3. The number of thioether (sulfide) groups is 2. The Kier molecular flexibility index (Phi) is 6.11. The van der Waals surface area contributed by atoms with Crippen molar-refractivity contribution in [2.45, 2.75) is 22.2 Å². The zero-order valence-electron chi connectivity index (χ0n) is 17.2. The molecule has 6 nitrogen and oxygen atoms in total. The summed E-state index contributed by atoms with van der Waals surface area (Å²) in [6.07, 6.45) is 0. The molecule has 0 radical (unpaired) electrons. The highest BCUT2D eigenvalue weighted by atomic mass is 32.2. The van der Waals surface area contributed by atoms with Gasteiger partial charge >= 0.3 is 0 Å². The molecule has 2 heterocycles. The largest absolute Gasteiger partial charge is 0.333 e. The molecule has 0 unspecified atom stereocenters. The number of carbonyl (C=O) groups is 1. The van der Waals surface area contributed by atoms with Crippen molar-refractivity contribution in [3.63, 3.8) is 0 Å². The fourth-order valence-electron chi connectivity index (χ4n) is 3.33. The van der Waals surface area contributed by atoms with Gasteiger partial charge in [0.25, 0.3) is 0 Å². The Morgan fingerprint density at radius 2 is 1.94 bits per heavy atom. The first kappa shape index (κ1) is 21.0. The average Bonchev–Trinajstić information content (AvgIpc) is 3.42. The van der Waals surface area contributed by atoms with Gasteiger partial charge < -0.3 is 4.98 Å². The van der Waals surface area contributed by atoms with E-state index in [-0.39, 0.29) is 11.7 Å². The van der Waals surface area contributed by atoms with Gasteiger partial charge in [-0.25, -0.2) is 4.98 Å². The second kappa shape index (κ2) is 9.32. The van der Waals surface area contributed by atoms with Crippen molar-refractivity contribution in [1.82, 2.24) is 20.2 Å². The molecule has 2 N–H and O–H groups in total. The number of aromatic nitrogens is 4. The number of hydrogen-bond donors (Lipinski definition) is 2. The van der Waals surface area contributed by atoms with Crippen molar-refractivity contribution in [3.05, 3.63) is 71.8 Å². The van der Waals surface area contributed by atoms with E-state index in [2.05, 4.69) is 61.9 Å². The number of nitrogens with one attached hydrogen (secondary N) is 2. The van der Waals surface area contributed by atoms with Crippen LogP contribution < -0.4 is 5.32 Å². The van der Waals surface area contributed by atoms with Crippen molar-refractivity contribution in [2.75, 3.05) is 11.1 Å². The summed E-state index contributed by atoms with van der Waals surface area (Å²) in [6.45, 7) is 2.04. The summed E-state index contributed by atoms with van der Waals surface area (Å²) < 4.78 is 0.827. The van der Waals surface area contributed by atoms with Gasteiger partial charge in [-0.15, -0.1) is 10.2 Å². The molecular formula is C23H19N5OS3. The van der Waals surface area contributed by atoms with Crippen LogP contribution in [0.25, 0.3) is 21.8 Å². The fourth-order valence-corrected chi connectivity index (χ4v) is 5.79. The Bertz CT molecular complexity index is 1410. The highest BCUT2D eigenvalue weighted by molar-refractivity contribution is 8.00. The third-order valence-corrected chi connectivity index (χ3v) is 7.73. The highest BCUT2D eigenvalue weighted by Gasteiger charge is 2.12. The number of fused-ring (bicyclic) bond motifs is 2. The van der Waals surface area contributed by atoms with Gasteiger partial charge in [0.15, 0.2) is 9.50 Å². The van der Waals surface area contributed by atoms with E-state index >= 15 is 0 Å². The Hall–Kier alpha value is -2.88. The van der Waals surface area contributed by atoms with Crippen molar-refractivity contribution in [3.8, 4) is 0 Å². The molecule has 0 aliphatic carbocycles. The lowest BCUT2D eigenvalue weighted by Gasteiger charge is -2.04. The first-order valence-electron chi connectivity index (χ1n) is 9.96. The summed E-state index contributed by atoms with van der Waals surface area (Å²) in [5.74, 6) is 0.913. The number of rotatable bonds is 7. The van der Waals surface area contributed by atoms with Crippen LogP contribution in [0.15, 0.2) is 70.2 Å². The number of amides is 1.